The van der Waals surface area contributed by atoms with Crippen molar-refractivity contribution in [2.24, 2.45) is 0 Å². The van der Waals surface area contributed by atoms with E-state index in [2.05, 4.69) is 36.2 Å². The van der Waals surface area contributed by atoms with Crippen molar-refractivity contribution in [3.05, 3.63) is 42.4 Å². The minimum absolute atomic E-state index is 0.631. The number of aryl methyl sites for hydroxylation is 1. The van der Waals surface area contributed by atoms with Crippen molar-refractivity contribution in [1.82, 2.24) is 19.9 Å². The summed E-state index contributed by atoms with van der Waals surface area (Å²) >= 11 is -0.729. The second-order valence-electron chi connectivity index (χ2n) is 5.96. The van der Waals surface area contributed by atoms with Gasteiger partial charge in [-0.25, -0.2) is 19.9 Å². The van der Waals surface area contributed by atoms with Crippen LogP contribution in [0.4, 0.5) is 17.5 Å². The summed E-state index contributed by atoms with van der Waals surface area (Å²) in [6.07, 6.45) is 3.22. The number of nitrogens with zero attached hydrogens (tertiary/aromatic N) is 5. The van der Waals surface area contributed by atoms with Crippen LogP contribution in [-0.4, -0.2) is 49.1 Å². The van der Waals surface area contributed by atoms with Crippen molar-refractivity contribution in [1.29, 1.82) is 0 Å². The zero-order valence-electron chi connectivity index (χ0n) is 13.8. The van der Waals surface area contributed by atoms with Gasteiger partial charge in [0.05, 0.1) is 19.3 Å². The fraction of sp³-hybridized carbons (Fsp3) is 0.294. The third kappa shape index (κ3) is 3.49. The van der Waals surface area contributed by atoms with E-state index in [1.54, 1.807) is 6.20 Å². The Balaban J connectivity index is 1.68. The van der Waals surface area contributed by atoms with Crippen LogP contribution in [0.25, 0.3) is 11.0 Å². The first-order valence-electron chi connectivity index (χ1n) is 8.10. The molecule has 1 saturated heterocycles. The van der Waals surface area contributed by atoms with Crippen LogP contribution in [0.5, 0.6) is 0 Å². The highest BCUT2D eigenvalue weighted by Crippen LogP contribution is 2.23. The summed E-state index contributed by atoms with van der Waals surface area (Å²) in [5, 5.41) is 3.32. The second-order valence-corrected chi connectivity index (χ2v) is 7.65. The van der Waals surface area contributed by atoms with Crippen molar-refractivity contribution < 1.29 is 4.55 Å². The number of nitrogens with one attached hydrogen (secondary N) is 1. The maximum atomic E-state index is 11.6. The minimum atomic E-state index is -0.729. The Morgan fingerprint density at radius 1 is 1.16 bits per heavy atom. The van der Waals surface area contributed by atoms with E-state index < -0.39 is 11.2 Å². The van der Waals surface area contributed by atoms with Gasteiger partial charge in [-0.15, -0.1) is 0 Å². The summed E-state index contributed by atoms with van der Waals surface area (Å²) in [5.41, 5.74) is 3.49. The summed E-state index contributed by atoms with van der Waals surface area (Å²) in [7, 11) is 0. The van der Waals surface area contributed by atoms with Gasteiger partial charge in [-0.2, -0.15) is 0 Å². The molecule has 8 heteroatoms. The number of benzene rings is 1. The Bertz CT molecular complexity index is 897. The molecule has 25 heavy (non-hydrogen) atoms. The molecular formula is C17H18N6OS. The van der Waals surface area contributed by atoms with E-state index in [9.17, 15) is 4.55 Å². The Morgan fingerprint density at radius 2 is 2.00 bits per heavy atom. The molecule has 0 amide bonds. The molecular weight excluding hydrogens is 336 g/mol. The standard InChI is InChI=1S/C17H18N6OS/c1-12-3-2-4-13(9-12)21-16-15-14(19-11-20-16)10-18-17(22-15)23-5-7-25(24)8-6-23/h2-4,9-11H,5-8H2,1H3,(H,19,20,21). The number of hydrogen-bond donors (Lipinski definition) is 1. The van der Waals surface area contributed by atoms with Gasteiger partial charge in [-0.3, -0.25) is 0 Å². The first kappa shape index (κ1) is 16.0. The predicted molar refractivity (Wildman–Crippen MR) is 99.7 cm³/mol. The third-order valence-corrected chi connectivity index (χ3v) is 5.38. The van der Waals surface area contributed by atoms with Crippen LogP contribution in [0.15, 0.2) is 36.8 Å². The normalized spacial score (nSPS) is 15.5. The average Bonchev–Trinajstić information content (AvgIpc) is 2.62. The van der Waals surface area contributed by atoms with E-state index in [0.29, 0.717) is 47.4 Å². The van der Waals surface area contributed by atoms with Gasteiger partial charge in [0.1, 0.15) is 28.9 Å². The molecule has 0 atom stereocenters. The molecule has 0 radical (unpaired) electrons. The summed E-state index contributed by atoms with van der Waals surface area (Å²) in [6.45, 7) is 3.45. The van der Waals surface area contributed by atoms with Crippen LogP contribution >= 0.6 is 0 Å². The van der Waals surface area contributed by atoms with Gasteiger partial charge in [-0.05, 0) is 24.6 Å². The molecule has 0 unspecified atom stereocenters. The zero-order valence-corrected chi connectivity index (χ0v) is 14.7. The number of fused-ring (bicyclic) bond motifs is 1. The van der Waals surface area contributed by atoms with Gasteiger partial charge >= 0.3 is 0 Å². The third-order valence-electron chi connectivity index (χ3n) is 4.11. The Hall–Kier alpha value is -2.45. The predicted octanol–water partition coefficient (Wildman–Crippen LogP) is 2.04. The molecule has 1 aliphatic heterocycles. The van der Waals surface area contributed by atoms with Crippen molar-refractivity contribution in [2.75, 3.05) is 34.8 Å². The van der Waals surface area contributed by atoms with Gasteiger partial charge in [0.25, 0.3) is 0 Å². The van der Waals surface area contributed by atoms with E-state index >= 15 is 0 Å². The van der Waals surface area contributed by atoms with Gasteiger partial charge in [0.2, 0.25) is 5.95 Å². The van der Waals surface area contributed by atoms with Crippen molar-refractivity contribution in [3.8, 4) is 0 Å². The number of rotatable bonds is 3. The molecule has 128 valence electrons. The topological polar surface area (TPSA) is 89.9 Å². The first-order valence-corrected chi connectivity index (χ1v) is 9.59. The lowest BCUT2D eigenvalue weighted by molar-refractivity contribution is 0.584. The van der Waals surface area contributed by atoms with Gasteiger partial charge < -0.3 is 14.8 Å². The average molecular weight is 354 g/mol. The molecule has 7 nitrogen and oxygen atoms in total. The van der Waals surface area contributed by atoms with Crippen molar-refractivity contribution in [3.63, 3.8) is 0 Å². The zero-order chi connectivity index (χ0) is 17.2. The van der Waals surface area contributed by atoms with Crippen LogP contribution in [0.3, 0.4) is 0 Å². The highest BCUT2D eigenvalue weighted by Gasteiger charge is 2.22. The van der Waals surface area contributed by atoms with Gasteiger partial charge in [0.15, 0.2) is 5.82 Å². The van der Waals surface area contributed by atoms with Crippen LogP contribution < -0.4 is 10.2 Å². The SMILES string of the molecule is Cc1cccc(Nc2ncnc3cnc(N4CC[S+]([O-])CC4)nc23)c1. The summed E-state index contributed by atoms with van der Waals surface area (Å²) in [4.78, 5) is 19.8. The van der Waals surface area contributed by atoms with E-state index in [1.807, 2.05) is 25.1 Å². The molecule has 4 rings (SSSR count). The molecule has 0 spiro atoms. The van der Waals surface area contributed by atoms with E-state index in [1.165, 1.54) is 11.9 Å². The van der Waals surface area contributed by atoms with Crippen LogP contribution in [0.1, 0.15) is 5.56 Å². The largest absolute Gasteiger partial charge is 0.616 e. The van der Waals surface area contributed by atoms with E-state index in [-0.39, 0.29) is 0 Å². The smallest absolute Gasteiger partial charge is 0.226 e. The van der Waals surface area contributed by atoms with Crippen LogP contribution in [0.2, 0.25) is 0 Å². The maximum absolute atomic E-state index is 11.6. The highest BCUT2D eigenvalue weighted by molar-refractivity contribution is 7.91. The lowest BCUT2D eigenvalue weighted by Gasteiger charge is -2.28. The highest BCUT2D eigenvalue weighted by atomic mass is 32.2. The number of anilines is 3. The lowest BCUT2D eigenvalue weighted by Crippen LogP contribution is -2.41. The number of hydrogen-bond acceptors (Lipinski definition) is 7. The molecule has 0 bridgehead atoms. The fourth-order valence-corrected chi connectivity index (χ4v) is 3.84. The summed E-state index contributed by atoms with van der Waals surface area (Å²) in [5.74, 6) is 2.59. The second kappa shape index (κ2) is 6.81. The fourth-order valence-electron chi connectivity index (χ4n) is 2.79. The minimum Gasteiger partial charge on any atom is -0.616 e. The molecule has 3 aromatic rings. The Morgan fingerprint density at radius 3 is 2.80 bits per heavy atom. The van der Waals surface area contributed by atoms with Gasteiger partial charge in [0, 0.05) is 5.69 Å². The number of aromatic nitrogens is 4. The Labute approximate surface area is 148 Å². The Kier molecular flexibility index (Phi) is 4.37. The van der Waals surface area contributed by atoms with Crippen LogP contribution in [0, 0.1) is 6.92 Å². The van der Waals surface area contributed by atoms with Crippen LogP contribution in [-0.2, 0) is 11.2 Å². The molecule has 2 aromatic heterocycles. The molecule has 0 aliphatic carbocycles. The summed E-state index contributed by atoms with van der Waals surface area (Å²) in [6, 6.07) is 8.08. The molecule has 0 saturated carbocycles. The molecule has 1 aromatic carbocycles. The molecule has 1 fully saturated rings. The van der Waals surface area contributed by atoms with E-state index in [4.69, 9.17) is 0 Å². The molecule has 1 N–H and O–H groups in total. The molecule has 3 heterocycles. The van der Waals surface area contributed by atoms with Gasteiger partial charge in [-0.1, -0.05) is 23.3 Å². The lowest BCUT2D eigenvalue weighted by atomic mass is 10.2. The van der Waals surface area contributed by atoms with Crippen molar-refractivity contribution >= 4 is 39.7 Å². The molecule has 1 aliphatic rings. The summed E-state index contributed by atoms with van der Waals surface area (Å²) < 4.78 is 11.6. The monoisotopic (exact) mass is 354 g/mol. The maximum Gasteiger partial charge on any atom is 0.226 e. The van der Waals surface area contributed by atoms with Crippen molar-refractivity contribution in [2.45, 2.75) is 6.92 Å². The first-order chi connectivity index (χ1) is 12.2. The van der Waals surface area contributed by atoms with E-state index in [0.717, 1.165) is 5.69 Å². The quantitative estimate of drug-likeness (QED) is 0.720.